The SMILES string of the molecule is COc1c(C)c2c(c(O)c1C/C=C(\C)C[C@@H](C)C(=O)O)C(=O)OC2. The number of hydrogen-bond acceptors (Lipinski definition) is 5. The van der Waals surface area contributed by atoms with Crippen LogP contribution < -0.4 is 4.74 Å². The normalized spacial score (nSPS) is 15.0. The Hall–Kier alpha value is -2.50. The van der Waals surface area contributed by atoms with Crippen LogP contribution in [0.15, 0.2) is 11.6 Å². The van der Waals surface area contributed by atoms with Crippen LogP contribution in [0.2, 0.25) is 0 Å². The van der Waals surface area contributed by atoms with Crippen molar-refractivity contribution in [3.63, 3.8) is 0 Å². The molecule has 0 spiro atoms. The maximum atomic E-state index is 11.8. The number of allylic oxidation sites excluding steroid dienone is 2. The van der Waals surface area contributed by atoms with Gasteiger partial charge in [-0.2, -0.15) is 0 Å². The van der Waals surface area contributed by atoms with Gasteiger partial charge in [-0.25, -0.2) is 4.79 Å². The number of rotatable bonds is 6. The Morgan fingerprint density at radius 1 is 1.46 bits per heavy atom. The Bertz CT molecular complexity index is 717. The van der Waals surface area contributed by atoms with E-state index < -0.39 is 17.9 Å². The number of cyclic esters (lactones) is 1. The van der Waals surface area contributed by atoms with Gasteiger partial charge in [0, 0.05) is 11.1 Å². The minimum atomic E-state index is -0.848. The molecule has 2 N–H and O–H groups in total. The number of ether oxygens (including phenoxy) is 2. The van der Waals surface area contributed by atoms with E-state index in [1.54, 1.807) is 6.92 Å². The molecule has 24 heavy (non-hydrogen) atoms. The van der Waals surface area contributed by atoms with Crippen LogP contribution in [-0.4, -0.2) is 29.3 Å². The standard InChI is InChI=1S/C18H22O6/c1-9(7-10(2)17(20)21)5-6-12-15(19)14-13(8-24-18(14)22)11(3)16(12)23-4/h5,10,19H,6-8H2,1-4H3,(H,20,21)/b9-5+/t10-/m1/s1. The highest BCUT2D eigenvalue weighted by atomic mass is 16.5. The quantitative estimate of drug-likeness (QED) is 0.614. The Morgan fingerprint density at radius 2 is 2.12 bits per heavy atom. The lowest BCUT2D eigenvalue weighted by Gasteiger charge is -2.16. The molecule has 1 aliphatic heterocycles. The Kier molecular flexibility index (Phi) is 5.17. The fourth-order valence-electron chi connectivity index (χ4n) is 2.96. The predicted octanol–water partition coefficient (Wildman–Crippen LogP) is 2.98. The van der Waals surface area contributed by atoms with Crippen molar-refractivity contribution in [3.8, 4) is 11.5 Å². The number of carbonyl (C=O) groups excluding carboxylic acids is 1. The van der Waals surface area contributed by atoms with E-state index in [4.69, 9.17) is 14.6 Å². The summed E-state index contributed by atoms with van der Waals surface area (Å²) in [6, 6.07) is 0. The number of aliphatic carboxylic acids is 1. The van der Waals surface area contributed by atoms with Crippen molar-refractivity contribution >= 4 is 11.9 Å². The lowest BCUT2D eigenvalue weighted by molar-refractivity contribution is -0.141. The molecule has 0 saturated heterocycles. The summed E-state index contributed by atoms with van der Waals surface area (Å²) in [5.74, 6) is -1.45. The summed E-state index contributed by atoms with van der Waals surface area (Å²) in [6.45, 7) is 5.45. The van der Waals surface area contributed by atoms with Crippen molar-refractivity contribution in [1.82, 2.24) is 0 Å². The fourth-order valence-corrected chi connectivity index (χ4v) is 2.96. The van der Waals surface area contributed by atoms with Gasteiger partial charge in [-0.15, -0.1) is 0 Å². The van der Waals surface area contributed by atoms with E-state index >= 15 is 0 Å². The zero-order valence-corrected chi connectivity index (χ0v) is 14.3. The molecule has 0 aromatic heterocycles. The molecule has 0 saturated carbocycles. The van der Waals surface area contributed by atoms with Gasteiger partial charge in [-0.1, -0.05) is 18.6 Å². The number of carboxylic acids is 1. The summed E-state index contributed by atoms with van der Waals surface area (Å²) in [5, 5.41) is 19.5. The number of carbonyl (C=O) groups is 2. The number of methoxy groups -OCH3 is 1. The molecule has 0 aliphatic carbocycles. The van der Waals surface area contributed by atoms with Gasteiger partial charge in [0.1, 0.15) is 23.7 Å². The highest BCUT2D eigenvalue weighted by molar-refractivity contribution is 5.98. The van der Waals surface area contributed by atoms with E-state index in [2.05, 4.69) is 0 Å². The molecular formula is C18H22O6. The third-order valence-corrected chi connectivity index (χ3v) is 4.35. The second-order valence-corrected chi connectivity index (χ2v) is 6.11. The monoisotopic (exact) mass is 334 g/mol. The first-order valence-electron chi connectivity index (χ1n) is 7.74. The lowest BCUT2D eigenvalue weighted by Crippen LogP contribution is -2.09. The van der Waals surface area contributed by atoms with Crippen LogP contribution in [0.25, 0.3) is 0 Å². The second kappa shape index (κ2) is 6.95. The maximum absolute atomic E-state index is 11.8. The highest BCUT2D eigenvalue weighted by Crippen LogP contribution is 2.42. The van der Waals surface area contributed by atoms with E-state index in [-0.39, 0.29) is 17.9 Å². The number of aromatic hydroxyl groups is 1. The number of esters is 1. The van der Waals surface area contributed by atoms with Gasteiger partial charge >= 0.3 is 11.9 Å². The fraction of sp³-hybridized carbons (Fsp3) is 0.444. The first-order valence-corrected chi connectivity index (χ1v) is 7.74. The molecule has 1 aliphatic rings. The highest BCUT2D eigenvalue weighted by Gasteiger charge is 2.31. The molecule has 1 aromatic carbocycles. The van der Waals surface area contributed by atoms with Crippen molar-refractivity contribution in [2.45, 2.75) is 40.2 Å². The molecule has 2 rings (SSSR count). The van der Waals surface area contributed by atoms with Crippen LogP contribution in [0.3, 0.4) is 0 Å². The van der Waals surface area contributed by atoms with Crippen molar-refractivity contribution in [2.24, 2.45) is 5.92 Å². The molecule has 0 amide bonds. The number of fused-ring (bicyclic) bond motifs is 1. The minimum Gasteiger partial charge on any atom is -0.507 e. The van der Waals surface area contributed by atoms with E-state index in [1.165, 1.54) is 7.11 Å². The smallest absolute Gasteiger partial charge is 0.342 e. The average molecular weight is 334 g/mol. The van der Waals surface area contributed by atoms with Gasteiger partial charge in [0.15, 0.2) is 0 Å². The summed E-state index contributed by atoms with van der Waals surface area (Å²) in [5.41, 5.74) is 3.03. The van der Waals surface area contributed by atoms with E-state index in [9.17, 15) is 14.7 Å². The van der Waals surface area contributed by atoms with E-state index in [0.717, 1.165) is 11.1 Å². The van der Waals surface area contributed by atoms with Crippen molar-refractivity contribution in [1.29, 1.82) is 0 Å². The minimum absolute atomic E-state index is 0.120. The number of benzene rings is 1. The Morgan fingerprint density at radius 3 is 2.71 bits per heavy atom. The van der Waals surface area contributed by atoms with Gasteiger partial charge in [0.2, 0.25) is 0 Å². The number of carboxylic acid groups (broad SMARTS) is 1. The predicted molar refractivity (Wildman–Crippen MR) is 87.4 cm³/mol. The first-order chi connectivity index (χ1) is 11.3. The van der Waals surface area contributed by atoms with Gasteiger partial charge in [-0.3, -0.25) is 4.79 Å². The molecule has 0 bridgehead atoms. The molecule has 0 fully saturated rings. The largest absolute Gasteiger partial charge is 0.507 e. The molecule has 1 atom stereocenters. The second-order valence-electron chi connectivity index (χ2n) is 6.11. The summed E-state index contributed by atoms with van der Waals surface area (Å²) >= 11 is 0. The van der Waals surface area contributed by atoms with E-state index in [1.807, 2.05) is 19.9 Å². The van der Waals surface area contributed by atoms with Crippen molar-refractivity contribution in [3.05, 3.63) is 33.9 Å². The van der Waals surface area contributed by atoms with Crippen LogP contribution in [0.5, 0.6) is 11.5 Å². The third-order valence-electron chi connectivity index (χ3n) is 4.35. The van der Waals surface area contributed by atoms with E-state index in [0.29, 0.717) is 29.7 Å². The number of phenolic OH excluding ortho intramolecular Hbond substituents is 1. The molecule has 130 valence electrons. The average Bonchev–Trinajstić information content (AvgIpc) is 2.91. The zero-order chi connectivity index (χ0) is 18.0. The topological polar surface area (TPSA) is 93.1 Å². The summed E-state index contributed by atoms with van der Waals surface area (Å²) < 4.78 is 10.4. The van der Waals surface area contributed by atoms with Crippen LogP contribution in [0, 0.1) is 12.8 Å². The van der Waals surface area contributed by atoms with Crippen molar-refractivity contribution in [2.75, 3.05) is 7.11 Å². The van der Waals surface area contributed by atoms with Gasteiger partial charge in [-0.05, 0) is 32.3 Å². The molecular weight excluding hydrogens is 312 g/mol. The van der Waals surface area contributed by atoms with Crippen LogP contribution in [-0.2, 0) is 22.6 Å². The van der Waals surface area contributed by atoms with Gasteiger partial charge in [0.25, 0.3) is 0 Å². The Labute approximate surface area is 140 Å². The number of phenols is 1. The molecule has 1 heterocycles. The molecule has 0 unspecified atom stereocenters. The van der Waals surface area contributed by atoms with Crippen LogP contribution in [0.4, 0.5) is 0 Å². The first kappa shape index (κ1) is 17.8. The lowest BCUT2D eigenvalue weighted by atomic mass is 9.94. The van der Waals surface area contributed by atoms with Crippen molar-refractivity contribution < 1.29 is 29.3 Å². The summed E-state index contributed by atoms with van der Waals surface area (Å²) in [4.78, 5) is 22.8. The number of hydrogen-bond donors (Lipinski definition) is 2. The zero-order valence-electron chi connectivity index (χ0n) is 14.3. The van der Waals surface area contributed by atoms with Crippen LogP contribution >= 0.6 is 0 Å². The van der Waals surface area contributed by atoms with Crippen LogP contribution in [0.1, 0.15) is 47.3 Å². The van der Waals surface area contributed by atoms with Gasteiger partial charge in [0.05, 0.1) is 13.0 Å². The Balaban J connectivity index is 2.37. The maximum Gasteiger partial charge on any atom is 0.342 e. The summed E-state index contributed by atoms with van der Waals surface area (Å²) in [7, 11) is 1.51. The molecule has 6 heteroatoms. The molecule has 6 nitrogen and oxygen atoms in total. The summed E-state index contributed by atoms with van der Waals surface area (Å²) in [6.07, 6.45) is 2.61. The third kappa shape index (κ3) is 3.22. The molecule has 0 radical (unpaired) electrons. The van der Waals surface area contributed by atoms with Gasteiger partial charge < -0.3 is 19.7 Å². The molecule has 1 aromatic rings.